The van der Waals surface area contributed by atoms with Gasteiger partial charge in [-0.05, 0) is 84.3 Å². The van der Waals surface area contributed by atoms with Crippen LogP contribution in [0.4, 0.5) is 5.69 Å². The standard InChI is InChI=1S/C37H36N2O4/c1-26(2)22-27-18-20-32(21-19-27)38(36(42)29-11-4-3-5-12-29)24-28-10-8-13-30(23-28)37(43)39-25-31(14-9-17-35(40)41)33-15-6-7-16-34(33)39/h3-8,10-13,15-16,18-21,23,25-26H,9,14,17,22,24H2,1-2H3,(H,40,41). The van der Waals surface area contributed by atoms with Crippen molar-refractivity contribution in [3.8, 4) is 0 Å². The summed E-state index contributed by atoms with van der Waals surface area (Å²) in [6, 6.07) is 32.4. The molecular weight excluding hydrogens is 536 g/mol. The van der Waals surface area contributed by atoms with E-state index in [-0.39, 0.29) is 18.2 Å². The number of benzene rings is 4. The fourth-order valence-electron chi connectivity index (χ4n) is 5.47. The fraction of sp³-hybridized carbons (Fsp3) is 0.216. The monoisotopic (exact) mass is 572 g/mol. The number of aliphatic carboxylic acids is 1. The molecule has 0 unspecified atom stereocenters. The molecule has 1 aromatic heterocycles. The van der Waals surface area contributed by atoms with Gasteiger partial charge in [-0.3, -0.25) is 19.0 Å². The molecule has 0 aliphatic heterocycles. The first-order valence-corrected chi connectivity index (χ1v) is 14.7. The molecule has 0 saturated heterocycles. The highest BCUT2D eigenvalue weighted by molar-refractivity contribution is 6.06. The van der Waals surface area contributed by atoms with Gasteiger partial charge in [-0.25, -0.2) is 0 Å². The molecule has 0 radical (unpaired) electrons. The number of carbonyl (C=O) groups is 3. The van der Waals surface area contributed by atoms with Crippen LogP contribution in [0.2, 0.25) is 0 Å². The number of fused-ring (bicyclic) bond motifs is 1. The fourth-order valence-corrected chi connectivity index (χ4v) is 5.47. The van der Waals surface area contributed by atoms with Crippen LogP contribution in [0.1, 0.15) is 64.1 Å². The van der Waals surface area contributed by atoms with Gasteiger partial charge in [0.25, 0.3) is 11.8 Å². The predicted octanol–water partition coefficient (Wildman–Crippen LogP) is 7.78. The zero-order valence-electron chi connectivity index (χ0n) is 24.6. The van der Waals surface area contributed by atoms with Crippen molar-refractivity contribution < 1.29 is 19.5 Å². The SMILES string of the molecule is CC(C)Cc1ccc(N(Cc2cccc(C(=O)n3cc(CCCC(=O)O)c4ccccc43)c2)C(=O)c2ccccc2)cc1. The number of carbonyl (C=O) groups excluding carboxylic acids is 2. The minimum absolute atomic E-state index is 0.0775. The zero-order valence-corrected chi connectivity index (χ0v) is 24.6. The van der Waals surface area contributed by atoms with E-state index in [1.165, 1.54) is 5.56 Å². The smallest absolute Gasteiger partial charge is 0.303 e. The van der Waals surface area contributed by atoms with Gasteiger partial charge >= 0.3 is 5.97 Å². The number of hydrogen-bond acceptors (Lipinski definition) is 3. The Bertz CT molecular complexity index is 1740. The summed E-state index contributed by atoms with van der Waals surface area (Å²) in [5.74, 6) is -0.591. The quantitative estimate of drug-likeness (QED) is 0.175. The maximum atomic E-state index is 13.8. The molecule has 4 aromatic carbocycles. The van der Waals surface area contributed by atoms with Crippen molar-refractivity contribution in [2.75, 3.05) is 4.90 Å². The van der Waals surface area contributed by atoms with E-state index in [0.717, 1.165) is 34.1 Å². The van der Waals surface area contributed by atoms with Crippen LogP contribution in [0.25, 0.3) is 10.9 Å². The molecule has 0 bridgehead atoms. The molecule has 1 amide bonds. The summed E-state index contributed by atoms with van der Waals surface area (Å²) in [5, 5.41) is 10.0. The Morgan fingerprint density at radius 1 is 0.791 bits per heavy atom. The average Bonchev–Trinajstić information content (AvgIpc) is 3.38. The lowest BCUT2D eigenvalue weighted by Gasteiger charge is -2.24. The molecule has 0 fully saturated rings. The Labute approximate surface area is 252 Å². The third-order valence-corrected chi connectivity index (χ3v) is 7.52. The highest BCUT2D eigenvalue weighted by atomic mass is 16.4. The van der Waals surface area contributed by atoms with Crippen molar-refractivity contribution in [2.24, 2.45) is 5.92 Å². The minimum atomic E-state index is -0.831. The van der Waals surface area contributed by atoms with Crippen LogP contribution >= 0.6 is 0 Å². The van der Waals surface area contributed by atoms with Gasteiger partial charge in [-0.15, -0.1) is 0 Å². The number of aromatic nitrogens is 1. The predicted molar refractivity (Wildman–Crippen MR) is 171 cm³/mol. The van der Waals surface area contributed by atoms with Crippen LogP contribution in [0.3, 0.4) is 0 Å². The van der Waals surface area contributed by atoms with Crippen molar-refractivity contribution in [2.45, 2.75) is 46.1 Å². The van der Waals surface area contributed by atoms with Gasteiger partial charge in [0.2, 0.25) is 0 Å². The van der Waals surface area contributed by atoms with E-state index in [2.05, 4.69) is 26.0 Å². The molecule has 43 heavy (non-hydrogen) atoms. The van der Waals surface area contributed by atoms with Crippen molar-refractivity contribution in [3.05, 3.63) is 137 Å². The number of nitrogens with zero attached hydrogens (tertiary/aromatic N) is 2. The van der Waals surface area contributed by atoms with Gasteiger partial charge in [0.15, 0.2) is 0 Å². The third kappa shape index (κ3) is 7.09. The molecule has 0 spiro atoms. The first kappa shape index (κ1) is 29.5. The number of carboxylic acids is 1. The molecule has 5 aromatic rings. The van der Waals surface area contributed by atoms with Crippen molar-refractivity contribution in [1.29, 1.82) is 0 Å². The molecule has 0 aliphatic rings. The van der Waals surface area contributed by atoms with Gasteiger partial charge in [-0.1, -0.05) is 74.5 Å². The van der Waals surface area contributed by atoms with E-state index in [4.69, 9.17) is 5.11 Å². The highest BCUT2D eigenvalue weighted by Gasteiger charge is 2.20. The average molecular weight is 573 g/mol. The van der Waals surface area contributed by atoms with Crippen LogP contribution in [-0.2, 0) is 24.2 Å². The van der Waals surface area contributed by atoms with Crippen LogP contribution in [0.15, 0.2) is 109 Å². The van der Waals surface area contributed by atoms with E-state index >= 15 is 0 Å². The van der Waals surface area contributed by atoms with E-state index < -0.39 is 5.97 Å². The first-order chi connectivity index (χ1) is 20.8. The molecule has 6 heteroatoms. The number of aryl methyl sites for hydroxylation is 1. The Morgan fingerprint density at radius 2 is 1.49 bits per heavy atom. The Balaban J connectivity index is 1.45. The van der Waals surface area contributed by atoms with E-state index in [9.17, 15) is 14.4 Å². The Kier molecular flexibility index (Phi) is 9.16. The second-order valence-corrected chi connectivity index (χ2v) is 11.3. The summed E-state index contributed by atoms with van der Waals surface area (Å²) in [6.45, 7) is 4.67. The third-order valence-electron chi connectivity index (χ3n) is 7.52. The lowest BCUT2D eigenvalue weighted by molar-refractivity contribution is -0.137. The van der Waals surface area contributed by atoms with Gasteiger partial charge in [0.05, 0.1) is 12.1 Å². The second kappa shape index (κ2) is 13.3. The van der Waals surface area contributed by atoms with Crippen molar-refractivity contribution >= 4 is 34.4 Å². The zero-order chi connectivity index (χ0) is 30.3. The van der Waals surface area contributed by atoms with E-state index in [0.29, 0.717) is 36.4 Å². The Morgan fingerprint density at radius 3 is 2.21 bits per heavy atom. The number of anilines is 1. The number of carboxylic acid groups (broad SMARTS) is 1. The van der Waals surface area contributed by atoms with Crippen LogP contribution < -0.4 is 4.90 Å². The molecule has 5 rings (SSSR count). The summed E-state index contributed by atoms with van der Waals surface area (Å²) in [6.07, 6.45) is 3.93. The molecular formula is C37H36N2O4. The van der Waals surface area contributed by atoms with Crippen molar-refractivity contribution in [1.82, 2.24) is 4.57 Å². The largest absolute Gasteiger partial charge is 0.481 e. The Hall–Kier alpha value is -4.97. The van der Waals surface area contributed by atoms with Gasteiger partial charge in [0.1, 0.15) is 0 Å². The normalized spacial score (nSPS) is 11.1. The molecule has 6 nitrogen and oxygen atoms in total. The van der Waals surface area contributed by atoms with Crippen LogP contribution in [-0.4, -0.2) is 27.5 Å². The first-order valence-electron chi connectivity index (χ1n) is 14.7. The molecule has 0 aliphatic carbocycles. The highest BCUT2D eigenvalue weighted by Crippen LogP contribution is 2.26. The topological polar surface area (TPSA) is 79.6 Å². The van der Waals surface area contributed by atoms with Gasteiger partial charge in [0, 0.05) is 34.8 Å². The number of hydrogen-bond donors (Lipinski definition) is 1. The number of amides is 1. The lowest BCUT2D eigenvalue weighted by atomic mass is 10.0. The minimum Gasteiger partial charge on any atom is -0.481 e. The molecule has 218 valence electrons. The summed E-state index contributed by atoms with van der Waals surface area (Å²) in [4.78, 5) is 40.4. The second-order valence-electron chi connectivity index (χ2n) is 11.3. The van der Waals surface area contributed by atoms with E-state index in [1.54, 1.807) is 15.5 Å². The molecule has 1 heterocycles. The lowest BCUT2D eigenvalue weighted by Crippen LogP contribution is -2.30. The molecule has 0 atom stereocenters. The molecule has 0 saturated carbocycles. The van der Waals surface area contributed by atoms with E-state index in [1.807, 2.05) is 91.1 Å². The number of para-hydroxylation sites is 1. The summed E-state index contributed by atoms with van der Waals surface area (Å²) >= 11 is 0. The van der Waals surface area contributed by atoms with Gasteiger partial charge in [-0.2, -0.15) is 0 Å². The van der Waals surface area contributed by atoms with Crippen LogP contribution in [0.5, 0.6) is 0 Å². The number of rotatable bonds is 11. The summed E-state index contributed by atoms with van der Waals surface area (Å²) in [7, 11) is 0. The summed E-state index contributed by atoms with van der Waals surface area (Å²) < 4.78 is 1.64. The molecule has 1 N–H and O–H groups in total. The summed E-state index contributed by atoms with van der Waals surface area (Å²) in [5.41, 5.74) is 5.68. The van der Waals surface area contributed by atoms with Crippen LogP contribution in [0, 0.1) is 5.92 Å². The maximum absolute atomic E-state index is 13.8. The maximum Gasteiger partial charge on any atom is 0.303 e. The van der Waals surface area contributed by atoms with Crippen molar-refractivity contribution in [3.63, 3.8) is 0 Å². The van der Waals surface area contributed by atoms with Gasteiger partial charge < -0.3 is 10.0 Å².